The first-order chi connectivity index (χ1) is 8.02. The van der Waals surface area contributed by atoms with Crippen molar-refractivity contribution < 1.29 is 19.8 Å². The topological polar surface area (TPSA) is 102 Å². The summed E-state index contributed by atoms with van der Waals surface area (Å²) in [5.41, 5.74) is 0. The summed E-state index contributed by atoms with van der Waals surface area (Å²) >= 11 is 0. The molecule has 1 unspecified atom stereocenters. The van der Waals surface area contributed by atoms with Gasteiger partial charge in [0.1, 0.15) is 0 Å². The molecule has 2 amide bonds. The van der Waals surface area contributed by atoms with Crippen LogP contribution in [0.15, 0.2) is 0 Å². The fourth-order valence-electron chi connectivity index (χ4n) is 1.72. The van der Waals surface area contributed by atoms with Gasteiger partial charge >= 0.3 is 12.0 Å². The number of carbonyl (C=O) groups is 2. The Bertz CT molecular complexity index is 277. The summed E-state index contributed by atoms with van der Waals surface area (Å²) in [6, 6.07) is -1.72. The second-order valence-corrected chi connectivity index (χ2v) is 4.27. The molecule has 1 aliphatic rings. The van der Waals surface area contributed by atoms with Crippen LogP contribution < -0.4 is 10.6 Å². The number of urea groups is 1. The molecule has 1 rings (SSSR count). The number of hydrogen-bond donors (Lipinski definition) is 4. The first-order valence-corrected chi connectivity index (χ1v) is 5.62. The van der Waals surface area contributed by atoms with Gasteiger partial charge in [0, 0.05) is 6.04 Å². The van der Waals surface area contributed by atoms with Crippen molar-refractivity contribution in [1.29, 1.82) is 0 Å². The van der Waals surface area contributed by atoms with Gasteiger partial charge in [-0.2, -0.15) is 0 Å². The van der Waals surface area contributed by atoms with Gasteiger partial charge in [-0.15, -0.1) is 0 Å². The van der Waals surface area contributed by atoms with Gasteiger partial charge in [0.25, 0.3) is 0 Å². The van der Waals surface area contributed by atoms with Crippen molar-refractivity contribution >= 4 is 12.0 Å². The third-order valence-corrected chi connectivity index (χ3v) is 2.84. The van der Waals surface area contributed by atoms with Crippen LogP contribution in [0.3, 0.4) is 0 Å². The van der Waals surface area contributed by atoms with Crippen LogP contribution in [0, 0.1) is 0 Å². The Kier molecular flexibility index (Phi) is 5.17. The summed E-state index contributed by atoms with van der Waals surface area (Å²) in [5, 5.41) is 22.3. The molecule has 0 aromatic carbocycles. The second-order valence-electron chi connectivity index (χ2n) is 4.27. The van der Waals surface area contributed by atoms with E-state index >= 15 is 0 Å². The van der Waals surface area contributed by atoms with Crippen LogP contribution in [0.2, 0.25) is 0 Å². The molecular weight excluding hydrogens is 226 g/mol. The van der Waals surface area contributed by atoms with Gasteiger partial charge in [0.05, 0.1) is 6.61 Å². The van der Waals surface area contributed by atoms with Gasteiger partial charge in [-0.1, -0.05) is 0 Å². The number of aliphatic carboxylic acids is 1. The number of carboxylic acids is 1. The highest BCUT2D eigenvalue weighted by Gasteiger charge is 2.22. The molecule has 0 aliphatic carbocycles. The molecule has 1 atom stereocenters. The number of aliphatic hydroxyl groups is 1. The minimum absolute atomic E-state index is 0.0688. The number of piperidine rings is 1. The van der Waals surface area contributed by atoms with Crippen LogP contribution in [0.25, 0.3) is 0 Å². The molecular formula is C10H19N3O4. The predicted molar refractivity (Wildman–Crippen MR) is 60.7 cm³/mol. The fourth-order valence-corrected chi connectivity index (χ4v) is 1.72. The molecule has 17 heavy (non-hydrogen) atoms. The predicted octanol–water partition coefficient (Wildman–Crippen LogP) is -1.17. The zero-order chi connectivity index (χ0) is 12.8. The Morgan fingerprint density at radius 1 is 1.41 bits per heavy atom. The number of aliphatic hydroxyl groups excluding tert-OH is 1. The molecule has 1 saturated heterocycles. The van der Waals surface area contributed by atoms with E-state index in [1.54, 1.807) is 0 Å². The van der Waals surface area contributed by atoms with E-state index in [9.17, 15) is 9.59 Å². The molecule has 7 heteroatoms. The lowest BCUT2D eigenvalue weighted by atomic mass is 10.1. The Labute approximate surface area is 99.8 Å². The van der Waals surface area contributed by atoms with Gasteiger partial charge in [-0.25, -0.2) is 9.59 Å². The standard InChI is InChI=1S/C10H19N3O4/c1-13-4-2-7(3-5-13)11-10(17)12-8(6-14)9(15)16/h7-8,14H,2-6H2,1H3,(H,15,16)(H2,11,12,17). The highest BCUT2D eigenvalue weighted by Crippen LogP contribution is 2.07. The van der Waals surface area contributed by atoms with Crippen LogP contribution in [0.5, 0.6) is 0 Å². The van der Waals surface area contributed by atoms with Crippen molar-refractivity contribution in [3.63, 3.8) is 0 Å². The molecule has 1 fully saturated rings. The maximum atomic E-state index is 11.5. The molecule has 1 aliphatic heterocycles. The third-order valence-electron chi connectivity index (χ3n) is 2.84. The van der Waals surface area contributed by atoms with Crippen LogP contribution in [0.4, 0.5) is 4.79 Å². The lowest BCUT2D eigenvalue weighted by molar-refractivity contribution is -0.140. The molecule has 7 nitrogen and oxygen atoms in total. The minimum Gasteiger partial charge on any atom is -0.480 e. The van der Waals surface area contributed by atoms with E-state index in [4.69, 9.17) is 10.2 Å². The normalized spacial score (nSPS) is 19.6. The fraction of sp³-hybridized carbons (Fsp3) is 0.800. The molecule has 0 aromatic rings. The highest BCUT2D eigenvalue weighted by molar-refractivity contribution is 5.82. The highest BCUT2D eigenvalue weighted by atomic mass is 16.4. The molecule has 0 spiro atoms. The first kappa shape index (κ1) is 13.7. The zero-order valence-corrected chi connectivity index (χ0v) is 9.85. The average molecular weight is 245 g/mol. The van der Waals surface area contributed by atoms with Gasteiger partial charge in [0.2, 0.25) is 0 Å². The molecule has 0 radical (unpaired) electrons. The number of carbonyl (C=O) groups excluding carboxylic acids is 1. The molecule has 1 heterocycles. The molecule has 0 saturated carbocycles. The van der Waals surface area contributed by atoms with Crippen molar-refractivity contribution in [1.82, 2.24) is 15.5 Å². The summed E-state index contributed by atoms with van der Waals surface area (Å²) in [6.07, 6.45) is 1.70. The quantitative estimate of drug-likeness (QED) is 0.499. The summed E-state index contributed by atoms with van der Waals surface area (Å²) in [4.78, 5) is 24.2. The Balaban J connectivity index is 2.31. The summed E-state index contributed by atoms with van der Waals surface area (Å²) in [6.45, 7) is 1.21. The monoisotopic (exact) mass is 245 g/mol. The summed E-state index contributed by atoms with van der Waals surface area (Å²) in [7, 11) is 2.02. The third kappa shape index (κ3) is 4.58. The summed E-state index contributed by atoms with van der Waals surface area (Å²) < 4.78 is 0. The van der Waals surface area contributed by atoms with Crippen LogP contribution in [-0.2, 0) is 4.79 Å². The molecule has 4 N–H and O–H groups in total. The maximum Gasteiger partial charge on any atom is 0.328 e. The molecule has 0 aromatic heterocycles. The van der Waals surface area contributed by atoms with Gasteiger partial charge in [0.15, 0.2) is 6.04 Å². The number of hydrogen-bond acceptors (Lipinski definition) is 4. The molecule has 0 bridgehead atoms. The van der Waals surface area contributed by atoms with Gasteiger partial charge < -0.3 is 25.7 Å². The van der Waals surface area contributed by atoms with E-state index in [2.05, 4.69) is 15.5 Å². The first-order valence-electron chi connectivity index (χ1n) is 5.62. The van der Waals surface area contributed by atoms with E-state index in [0.29, 0.717) is 0 Å². The van der Waals surface area contributed by atoms with Gasteiger partial charge in [-0.3, -0.25) is 0 Å². The number of amides is 2. The van der Waals surface area contributed by atoms with E-state index in [0.717, 1.165) is 25.9 Å². The van der Waals surface area contributed by atoms with Crippen molar-refractivity contribution in [3.05, 3.63) is 0 Å². The molecule has 98 valence electrons. The largest absolute Gasteiger partial charge is 0.480 e. The van der Waals surface area contributed by atoms with E-state index < -0.39 is 24.6 Å². The van der Waals surface area contributed by atoms with Crippen LogP contribution >= 0.6 is 0 Å². The van der Waals surface area contributed by atoms with E-state index in [1.807, 2.05) is 7.05 Å². The summed E-state index contributed by atoms with van der Waals surface area (Å²) in [5.74, 6) is -1.24. The smallest absolute Gasteiger partial charge is 0.328 e. The minimum atomic E-state index is -1.25. The van der Waals surface area contributed by atoms with Crippen LogP contribution in [-0.4, -0.2) is 65.9 Å². The van der Waals surface area contributed by atoms with Crippen molar-refractivity contribution in [2.45, 2.75) is 24.9 Å². The average Bonchev–Trinajstić information content (AvgIpc) is 2.28. The number of rotatable bonds is 4. The number of carboxylic acid groups (broad SMARTS) is 1. The Hall–Kier alpha value is -1.34. The van der Waals surface area contributed by atoms with Crippen molar-refractivity contribution in [3.8, 4) is 0 Å². The lowest BCUT2D eigenvalue weighted by Gasteiger charge is -2.29. The second kappa shape index (κ2) is 6.41. The van der Waals surface area contributed by atoms with Crippen molar-refractivity contribution in [2.75, 3.05) is 26.7 Å². The number of nitrogens with one attached hydrogen (secondary N) is 2. The zero-order valence-electron chi connectivity index (χ0n) is 9.85. The lowest BCUT2D eigenvalue weighted by Crippen LogP contribution is -2.52. The SMILES string of the molecule is CN1CCC(NC(=O)NC(CO)C(=O)O)CC1. The Morgan fingerprint density at radius 3 is 2.47 bits per heavy atom. The Morgan fingerprint density at radius 2 is 2.00 bits per heavy atom. The van der Waals surface area contributed by atoms with Crippen molar-refractivity contribution in [2.24, 2.45) is 0 Å². The van der Waals surface area contributed by atoms with Gasteiger partial charge in [-0.05, 0) is 33.0 Å². The number of nitrogens with zero attached hydrogens (tertiary/aromatic N) is 1. The van der Waals surface area contributed by atoms with E-state index in [-0.39, 0.29) is 6.04 Å². The maximum absolute atomic E-state index is 11.5. The number of likely N-dealkylation sites (tertiary alicyclic amines) is 1. The van der Waals surface area contributed by atoms with Crippen LogP contribution in [0.1, 0.15) is 12.8 Å². The van der Waals surface area contributed by atoms with E-state index in [1.165, 1.54) is 0 Å².